The molecule has 1 fully saturated rings. The fraction of sp³-hybridized carbons (Fsp3) is 0.579. The van der Waals surface area contributed by atoms with E-state index in [2.05, 4.69) is 6.92 Å². The molecule has 1 amide bonds. The van der Waals surface area contributed by atoms with Crippen molar-refractivity contribution in [2.45, 2.75) is 45.4 Å². The SMILES string of the molecule is CCCCCCOc1ccc(C(=O)N2CCC(C(=O)O)CC2)cc1. The van der Waals surface area contributed by atoms with E-state index in [0.717, 1.165) is 12.2 Å². The van der Waals surface area contributed by atoms with Gasteiger partial charge in [-0.25, -0.2) is 0 Å². The van der Waals surface area contributed by atoms with Crippen LogP contribution in [0.4, 0.5) is 0 Å². The number of benzene rings is 1. The molecular formula is C19H27NO4. The summed E-state index contributed by atoms with van der Waals surface area (Å²) in [5.74, 6) is -0.332. The molecule has 0 saturated carbocycles. The predicted molar refractivity (Wildman–Crippen MR) is 92.3 cm³/mol. The Balaban J connectivity index is 1.80. The second kappa shape index (κ2) is 9.30. The Morgan fingerprint density at radius 1 is 1.12 bits per heavy atom. The maximum atomic E-state index is 12.5. The van der Waals surface area contributed by atoms with Crippen LogP contribution < -0.4 is 4.74 Å². The highest BCUT2D eigenvalue weighted by atomic mass is 16.5. The number of carbonyl (C=O) groups excluding carboxylic acids is 1. The summed E-state index contributed by atoms with van der Waals surface area (Å²) in [7, 11) is 0. The Labute approximate surface area is 143 Å². The molecular weight excluding hydrogens is 306 g/mol. The van der Waals surface area contributed by atoms with Crippen molar-refractivity contribution in [3.05, 3.63) is 29.8 Å². The number of carboxylic acids is 1. The lowest BCUT2D eigenvalue weighted by molar-refractivity contribution is -0.143. The predicted octanol–water partition coefficient (Wildman–Crippen LogP) is 3.58. The number of hydrogen-bond donors (Lipinski definition) is 1. The van der Waals surface area contributed by atoms with Crippen molar-refractivity contribution in [3.63, 3.8) is 0 Å². The first-order valence-corrected chi connectivity index (χ1v) is 8.86. The van der Waals surface area contributed by atoms with Crippen molar-refractivity contribution in [3.8, 4) is 5.75 Å². The van der Waals surface area contributed by atoms with Crippen LogP contribution in [0.25, 0.3) is 0 Å². The molecule has 132 valence electrons. The Bertz CT molecular complexity index is 533. The smallest absolute Gasteiger partial charge is 0.306 e. The van der Waals surface area contributed by atoms with Crippen LogP contribution in [-0.2, 0) is 4.79 Å². The van der Waals surface area contributed by atoms with Gasteiger partial charge in [-0.15, -0.1) is 0 Å². The molecule has 1 aliphatic heterocycles. The minimum absolute atomic E-state index is 0.0339. The van der Waals surface area contributed by atoms with Gasteiger partial charge in [0.1, 0.15) is 5.75 Å². The van der Waals surface area contributed by atoms with Gasteiger partial charge in [0, 0.05) is 18.7 Å². The molecule has 0 atom stereocenters. The summed E-state index contributed by atoms with van der Waals surface area (Å²) in [6, 6.07) is 7.23. The van der Waals surface area contributed by atoms with Crippen LogP contribution in [0.5, 0.6) is 5.75 Å². The Morgan fingerprint density at radius 3 is 2.38 bits per heavy atom. The summed E-state index contributed by atoms with van der Waals surface area (Å²) in [6.07, 6.45) is 5.72. The maximum Gasteiger partial charge on any atom is 0.306 e. The molecule has 0 aliphatic carbocycles. The topological polar surface area (TPSA) is 66.8 Å². The average Bonchev–Trinajstić information content (AvgIpc) is 2.61. The number of nitrogens with zero attached hydrogens (tertiary/aromatic N) is 1. The van der Waals surface area contributed by atoms with Gasteiger partial charge in [0.25, 0.3) is 5.91 Å². The summed E-state index contributed by atoms with van der Waals surface area (Å²) in [4.78, 5) is 25.2. The van der Waals surface area contributed by atoms with Crippen molar-refractivity contribution in [1.82, 2.24) is 4.90 Å². The van der Waals surface area contributed by atoms with Crippen LogP contribution in [0, 0.1) is 5.92 Å². The highest BCUT2D eigenvalue weighted by Gasteiger charge is 2.27. The van der Waals surface area contributed by atoms with Crippen molar-refractivity contribution in [1.29, 1.82) is 0 Å². The summed E-state index contributed by atoms with van der Waals surface area (Å²) >= 11 is 0. The second-order valence-electron chi connectivity index (χ2n) is 6.34. The minimum atomic E-state index is -0.762. The van der Waals surface area contributed by atoms with E-state index in [0.29, 0.717) is 38.1 Å². The van der Waals surface area contributed by atoms with Crippen LogP contribution in [0.1, 0.15) is 55.8 Å². The van der Waals surface area contributed by atoms with Crippen LogP contribution in [0.2, 0.25) is 0 Å². The summed E-state index contributed by atoms with van der Waals surface area (Å²) in [5.41, 5.74) is 0.627. The highest BCUT2D eigenvalue weighted by molar-refractivity contribution is 5.94. The van der Waals surface area contributed by atoms with E-state index in [9.17, 15) is 9.59 Å². The monoisotopic (exact) mass is 333 g/mol. The van der Waals surface area contributed by atoms with Gasteiger partial charge in [-0.2, -0.15) is 0 Å². The van der Waals surface area contributed by atoms with E-state index in [1.165, 1.54) is 19.3 Å². The number of aliphatic carboxylic acids is 1. The first-order chi connectivity index (χ1) is 11.6. The summed E-state index contributed by atoms with van der Waals surface area (Å²) in [6.45, 7) is 3.90. The molecule has 1 aliphatic rings. The number of amides is 1. The third-order valence-corrected chi connectivity index (χ3v) is 4.50. The molecule has 5 heteroatoms. The van der Waals surface area contributed by atoms with Gasteiger partial charge in [-0.1, -0.05) is 26.2 Å². The number of carboxylic acid groups (broad SMARTS) is 1. The molecule has 1 saturated heterocycles. The van der Waals surface area contributed by atoms with Gasteiger partial charge in [0.05, 0.1) is 12.5 Å². The molecule has 2 rings (SSSR count). The van der Waals surface area contributed by atoms with Crippen molar-refractivity contribution in [2.75, 3.05) is 19.7 Å². The van der Waals surface area contributed by atoms with E-state index >= 15 is 0 Å². The van der Waals surface area contributed by atoms with Gasteiger partial charge >= 0.3 is 5.97 Å². The molecule has 5 nitrogen and oxygen atoms in total. The Morgan fingerprint density at radius 2 is 1.79 bits per heavy atom. The normalized spacial score (nSPS) is 15.3. The van der Waals surface area contributed by atoms with E-state index in [1.807, 2.05) is 12.1 Å². The largest absolute Gasteiger partial charge is 0.494 e. The van der Waals surface area contributed by atoms with E-state index < -0.39 is 5.97 Å². The zero-order chi connectivity index (χ0) is 17.4. The lowest BCUT2D eigenvalue weighted by atomic mass is 9.96. The van der Waals surface area contributed by atoms with Gasteiger partial charge in [-0.3, -0.25) is 9.59 Å². The van der Waals surface area contributed by atoms with Gasteiger partial charge in [0.15, 0.2) is 0 Å². The second-order valence-corrected chi connectivity index (χ2v) is 6.34. The molecule has 1 heterocycles. The van der Waals surface area contributed by atoms with Crippen LogP contribution >= 0.6 is 0 Å². The molecule has 24 heavy (non-hydrogen) atoms. The van der Waals surface area contributed by atoms with Crippen molar-refractivity contribution >= 4 is 11.9 Å². The number of unbranched alkanes of at least 4 members (excludes halogenated alkanes) is 3. The van der Waals surface area contributed by atoms with E-state index in [-0.39, 0.29) is 11.8 Å². The zero-order valence-electron chi connectivity index (χ0n) is 14.4. The number of hydrogen-bond acceptors (Lipinski definition) is 3. The molecule has 0 aromatic heterocycles. The van der Waals surface area contributed by atoms with Crippen molar-refractivity contribution < 1.29 is 19.4 Å². The molecule has 1 aromatic carbocycles. The molecule has 1 aromatic rings. The number of ether oxygens (including phenoxy) is 1. The molecule has 0 radical (unpaired) electrons. The Kier molecular flexibility index (Phi) is 7.09. The third-order valence-electron chi connectivity index (χ3n) is 4.50. The third kappa shape index (κ3) is 5.25. The molecule has 1 N–H and O–H groups in total. The quantitative estimate of drug-likeness (QED) is 0.738. The Hall–Kier alpha value is -2.04. The number of likely N-dealkylation sites (tertiary alicyclic amines) is 1. The first kappa shape index (κ1) is 18.3. The minimum Gasteiger partial charge on any atom is -0.494 e. The first-order valence-electron chi connectivity index (χ1n) is 8.86. The van der Waals surface area contributed by atoms with Gasteiger partial charge in [-0.05, 0) is 43.5 Å². The fourth-order valence-corrected chi connectivity index (χ4v) is 2.92. The van der Waals surface area contributed by atoms with Gasteiger partial charge in [0.2, 0.25) is 0 Å². The van der Waals surface area contributed by atoms with Crippen LogP contribution in [-0.4, -0.2) is 41.6 Å². The number of rotatable bonds is 8. The van der Waals surface area contributed by atoms with Crippen molar-refractivity contribution in [2.24, 2.45) is 5.92 Å². The summed E-state index contributed by atoms with van der Waals surface area (Å²) in [5, 5.41) is 9.01. The number of piperidine rings is 1. The van der Waals surface area contributed by atoms with Gasteiger partial charge < -0.3 is 14.7 Å². The van der Waals surface area contributed by atoms with Crippen LogP contribution in [0.15, 0.2) is 24.3 Å². The van der Waals surface area contributed by atoms with E-state index in [4.69, 9.17) is 9.84 Å². The molecule has 0 spiro atoms. The average molecular weight is 333 g/mol. The zero-order valence-corrected chi connectivity index (χ0v) is 14.4. The lowest BCUT2D eigenvalue weighted by Gasteiger charge is -2.30. The standard InChI is InChI=1S/C19H27NO4/c1-2-3-4-5-14-24-17-8-6-15(7-9-17)18(21)20-12-10-16(11-13-20)19(22)23/h6-9,16H,2-5,10-14H2,1H3,(H,22,23). The molecule has 0 bridgehead atoms. The summed E-state index contributed by atoms with van der Waals surface area (Å²) < 4.78 is 5.68. The van der Waals surface area contributed by atoms with Crippen LogP contribution in [0.3, 0.4) is 0 Å². The molecule has 0 unspecified atom stereocenters. The van der Waals surface area contributed by atoms with E-state index in [1.54, 1.807) is 17.0 Å². The number of carbonyl (C=O) groups is 2. The maximum absolute atomic E-state index is 12.5. The highest BCUT2D eigenvalue weighted by Crippen LogP contribution is 2.20. The lowest BCUT2D eigenvalue weighted by Crippen LogP contribution is -2.40. The fourth-order valence-electron chi connectivity index (χ4n) is 2.92.